The summed E-state index contributed by atoms with van der Waals surface area (Å²) in [6.07, 6.45) is -0.402. The lowest BCUT2D eigenvalue weighted by Crippen LogP contribution is -2.35. The summed E-state index contributed by atoms with van der Waals surface area (Å²) in [4.78, 5) is 0. The van der Waals surface area contributed by atoms with Crippen molar-refractivity contribution in [3.63, 3.8) is 0 Å². The van der Waals surface area contributed by atoms with Gasteiger partial charge >= 0.3 is 0 Å². The molecule has 0 aliphatic carbocycles. The van der Waals surface area contributed by atoms with E-state index in [0.717, 1.165) is 5.75 Å². The zero-order valence-electron chi connectivity index (χ0n) is 12.5. The maximum absolute atomic E-state index is 9.80. The third kappa shape index (κ3) is 6.75. The Morgan fingerprint density at radius 2 is 1.80 bits per heavy atom. The molecular weight excluding hydrogens is 258 g/mol. The molecular formula is C15H25NO4. The van der Waals surface area contributed by atoms with Crippen molar-refractivity contribution < 1.29 is 19.3 Å². The van der Waals surface area contributed by atoms with Crippen LogP contribution in [0.25, 0.3) is 0 Å². The number of methoxy groups -OCH3 is 1. The molecule has 2 N–H and O–H groups in total. The van der Waals surface area contributed by atoms with Gasteiger partial charge in [-0.2, -0.15) is 0 Å². The van der Waals surface area contributed by atoms with Gasteiger partial charge in [0.1, 0.15) is 24.2 Å². The molecule has 0 aliphatic rings. The van der Waals surface area contributed by atoms with Crippen LogP contribution in [0.15, 0.2) is 24.3 Å². The van der Waals surface area contributed by atoms with E-state index in [9.17, 15) is 5.11 Å². The SMILES string of the molecule is CCOC(C)CNCC(O)COc1ccc(OC)cc1. The molecule has 0 radical (unpaired) electrons. The van der Waals surface area contributed by atoms with Crippen molar-refractivity contribution in [3.05, 3.63) is 24.3 Å². The Bertz CT molecular complexity index is 355. The predicted molar refractivity (Wildman–Crippen MR) is 78.5 cm³/mol. The smallest absolute Gasteiger partial charge is 0.119 e. The van der Waals surface area contributed by atoms with Gasteiger partial charge in [-0.1, -0.05) is 0 Å². The minimum absolute atomic E-state index is 0.148. The number of hydrogen-bond acceptors (Lipinski definition) is 5. The molecule has 20 heavy (non-hydrogen) atoms. The van der Waals surface area contributed by atoms with Crippen LogP contribution in [0, 0.1) is 0 Å². The molecule has 1 aromatic rings. The number of benzene rings is 1. The molecule has 5 heteroatoms. The van der Waals surface area contributed by atoms with Crippen molar-refractivity contribution >= 4 is 0 Å². The number of aliphatic hydroxyl groups excluding tert-OH is 1. The van der Waals surface area contributed by atoms with Gasteiger partial charge in [-0.3, -0.25) is 0 Å². The fourth-order valence-electron chi connectivity index (χ4n) is 1.72. The van der Waals surface area contributed by atoms with Gasteiger partial charge in [0, 0.05) is 19.7 Å². The van der Waals surface area contributed by atoms with Gasteiger partial charge in [-0.25, -0.2) is 0 Å². The summed E-state index contributed by atoms with van der Waals surface area (Å²) >= 11 is 0. The Balaban J connectivity index is 2.17. The first-order valence-electron chi connectivity index (χ1n) is 6.93. The highest BCUT2D eigenvalue weighted by Crippen LogP contribution is 2.16. The van der Waals surface area contributed by atoms with Crippen LogP contribution in [0.5, 0.6) is 11.5 Å². The molecule has 0 fully saturated rings. The monoisotopic (exact) mass is 283 g/mol. The van der Waals surface area contributed by atoms with Crippen molar-refractivity contribution in [1.29, 1.82) is 0 Å². The molecule has 0 saturated heterocycles. The molecule has 0 aromatic heterocycles. The highest BCUT2D eigenvalue weighted by atomic mass is 16.5. The molecule has 114 valence electrons. The summed E-state index contributed by atoms with van der Waals surface area (Å²) in [7, 11) is 1.62. The average molecular weight is 283 g/mol. The largest absolute Gasteiger partial charge is 0.497 e. The average Bonchev–Trinajstić information content (AvgIpc) is 2.46. The van der Waals surface area contributed by atoms with Gasteiger partial charge in [0.2, 0.25) is 0 Å². The van der Waals surface area contributed by atoms with Crippen LogP contribution in [-0.2, 0) is 4.74 Å². The van der Waals surface area contributed by atoms with Gasteiger partial charge in [0.15, 0.2) is 0 Å². The zero-order valence-corrected chi connectivity index (χ0v) is 12.5. The van der Waals surface area contributed by atoms with E-state index in [1.54, 1.807) is 7.11 Å². The van der Waals surface area contributed by atoms with E-state index in [4.69, 9.17) is 14.2 Å². The van der Waals surface area contributed by atoms with Crippen LogP contribution >= 0.6 is 0 Å². The molecule has 0 saturated carbocycles. The second-order valence-corrected chi connectivity index (χ2v) is 4.56. The molecule has 0 amide bonds. The second-order valence-electron chi connectivity index (χ2n) is 4.56. The van der Waals surface area contributed by atoms with Crippen molar-refractivity contribution in [2.45, 2.75) is 26.1 Å². The van der Waals surface area contributed by atoms with Gasteiger partial charge in [0.25, 0.3) is 0 Å². The topological polar surface area (TPSA) is 60.0 Å². The number of ether oxygens (including phenoxy) is 3. The van der Waals surface area contributed by atoms with Crippen LogP contribution < -0.4 is 14.8 Å². The Morgan fingerprint density at radius 1 is 1.15 bits per heavy atom. The van der Waals surface area contributed by atoms with E-state index in [1.807, 2.05) is 38.1 Å². The minimum Gasteiger partial charge on any atom is -0.497 e. The summed E-state index contributed by atoms with van der Waals surface area (Å²) in [6.45, 7) is 6.11. The summed E-state index contributed by atoms with van der Waals surface area (Å²) in [6, 6.07) is 7.28. The van der Waals surface area contributed by atoms with Crippen molar-refractivity contribution in [2.24, 2.45) is 0 Å². The fraction of sp³-hybridized carbons (Fsp3) is 0.600. The molecule has 2 atom stereocenters. The van der Waals surface area contributed by atoms with Gasteiger partial charge in [0.05, 0.1) is 13.2 Å². The van der Waals surface area contributed by atoms with E-state index in [0.29, 0.717) is 25.4 Å². The summed E-state index contributed by atoms with van der Waals surface area (Å²) < 4.78 is 15.9. The van der Waals surface area contributed by atoms with Crippen LogP contribution in [-0.4, -0.2) is 50.7 Å². The van der Waals surface area contributed by atoms with E-state index >= 15 is 0 Å². The van der Waals surface area contributed by atoms with E-state index in [2.05, 4.69) is 5.32 Å². The molecule has 2 unspecified atom stereocenters. The normalized spacial score (nSPS) is 13.8. The Hall–Kier alpha value is -1.30. The third-order valence-electron chi connectivity index (χ3n) is 2.76. The lowest BCUT2D eigenvalue weighted by atomic mass is 10.3. The highest BCUT2D eigenvalue weighted by molar-refractivity contribution is 5.31. The maximum atomic E-state index is 9.80. The Morgan fingerprint density at radius 3 is 2.40 bits per heavy atom. The molecule has 1 rings (SSSR count). The lowest BCUT2D eigenvalue weighted by Gasteiger charge is -2.16. The van der Waals surface area contributed by atoms with Gasteiger partial charge < -0.3 is 24.6 Å². The highest BCUT2D eigenvalue weighted by Gasteiger charge is 2.07. The van der Waals surface area contributed by atoms with Crippen molar-refractivity contribution in [2.75, 3.05) is 33.4 Å². The standard InChI is InChI=1S/C15H25NO4/c1-4-19-12(2)9-16-10-13(17)11-20-15-7-5-14(18-3)6-8-15/h5-8,12-13,16-17H,4,9-11H2,1-3H3. The molecule has 0 heterocycles. The van der Waals surface area contributed by atoms with Crippen LogP contribution in [0.3, 0.4) is 0 Å². The minimum atomic E-state index is -0.550. The summed E-state index contributed by atoms with van der Waals surface area (Å²) in [5.74, 6) is 1.50. The molecule has 5 nitrogen and oxygen atoms in total. The van der Waals surface area contributed by atoms with Crippen LogP contribution in [0.4, 0.5) is 0 Å². The quantitative estimate of drug-likeness (QED) is 0.680. The lowest BCUT2D eigenvalue weighted by molar-refractivity contribution is 0.0671. The van der Waals surface area contributed by atoms with E-state index < -0.39 is 6.10 Å². The Labute approximate surface area is 120 Å². The van der Waals surface area contributed by atoms with E-state index in [1.165, 1.54) is 0 Å². The van der Waals surface area contributed by atoms with Gasteiger partial charge in [-0.05, 0) is 38.1 Å². The third-order valence-corrected chi connectivity index (χ3v) is 2.76. The first-order chi connectivity index (χ1) is 9.65. The van der Waals surface area contributed by atoms with Crippen LogP contribution in [0.1, 0.15) is 13.8 Å². The van der Waals surface area contributed by atoms with E-state index in [-0.39, 0.29) is 12.7 Å². The maximum Gasteiger partial charge on any atom is 0.119 e. The number of rotatable bonds is 10. The zero-order chi connectivity index (χ0) is 14.8. The fourth-order valence-corrected chi connectivity index (χ4v) is 1.72. The summed E-state index contributed by atoms with van der Waals surface area (Å²) in [5.41, 5.74) is 0. The molecule has 0 aliphatic heterocycles. The molecule has 1 aromatic carbocycles. The molecule has 0 bridgehead atoms. The number of aliphatic hydroxyl groups is 1. The first-order valence-corrected chi connectivity index (χ1v) is 6.93. The van der Waals surface area contributed by atoms with Crippen molar-refractivity contribution in [3.8, 4) is 11.5 Å². The molecule has 0 spiro atoms. The Kier molecular flexibility index (Phi) is 8.02. The van der Waals surface area contributed by atoms with Gasteiger partial charge in [-0.15, -0.1) is 0 Å². The van der Waals surface area contributed by atoms with Crippen molar-refractivity contribution in [1.82, 2.24) is 5.32 Å². The predicted octanol–water partition coefficient (Wildman–Crippen LogP) is 1.45. The second kappa shape index (κ2) is 9.58. The van der Waals surface area contributed by atoms with Crippen LogP contribution in [0.2, 0.25) is 0 Å². The first kappa shape index (κ1) is 16.8. The summed E-state index contributed by atoms with van der Waals surface area (Å²) in [5, 5.41) is 13.0. The number of nitrogens with one attached hydrogen (secondary N) is 1. The number of hydrogen-bond donors (Lipinski definition) is 2.